The van der Waals surface area contributed by atoms with Crippen LogP contribution in [0.3, 0.4) is 0 Å². The Morgan fingerprint density at radius 3 is 1.18 bits per heavy atom. The summed E-state index contributed by atoms with van der Waals surface area (Å²) < 4.78 is 0. The number of nitrogens with zero attached hydrogens (tertiary/aromatic N) is 2. The van der Waals surface area contributed by atoms with Crippen molar-refractivity contribution in [3.8, 4) is 0 Å². The van der Waals surface area contributed by atoms with Crippen LogP contribution in [-0.4, -0.2) is 49.7 Å². The molecule has 4 heteroatoms. The summed E-state index contributed by atoms with van der Waals surface area (Å²) in [4.78, 5) is 19.9. The first-order valence-electron chi connectivity index (χ1n) is 18.8. The first-order chi connectivity index (χ1) is 21.6. The van der Waals surface area contributed by atoms with Gasteiger partial charge >= 0.3 is 5.97 Å². The lowest BCUT2D eigenvalue weighted by Crippen LogP contribution is -2.34. The summed E-state index contributed by atoms with van der Waals surface area (Å²) in [6.07, 6.45) is 48.6. The van der Waals surface area contributed by atoms with Crippen molar-refractivity contribution in [2.75, 3.05) is 33.7 Å². The van der Waals surface area contributed by atoms with Gasteiger partial charge in [0.1, 0.15) is 0 Å². The highest BCUT2D eigenvalue weighted by Gasteiger charge is 2.12. The normalized spacial score (nSPS) is 12.4. The number of unbranched alkanes of at least 4 members (excludes halogenated alkanes) is 18. The van der Waals surface area contributed by atoms with Crippen LogP contribution in [0.5, 0.6) is 0 Å². The SMILES string of the molecule is CCCCC/C=C\C/C=C\CCCCCCCCN(CCCCCCCC/C=C\C/C=C\CCCCC)OC(=O)CN(C)C. The van der Waals surface area contributed by atoms with Gasteiger partial charge in [-0.25, -0.2) is 4.79 Å². The lowest BCUT2D eigenvalue weighted by Gasteiger charge is -2.22. The zero-order valence-electron chi connectivity index (χ0n) is 29.9. The van der Waals surface area contributed by atoms with Gasteiger partial charge in [-0.1, -0.05) is 140 Å². The largest absolute Gasteiger partial charge is 0.367 e. The lowest BCUT2D eigenvalue weighted by atomic mass is 10.1. The molecule has 0 aliphatic heterocycles. The molecule has 4 nitrogen and oxygen atoms in total. The quantitative estimate of drug-likeness (QED) is 0.0418. The summed E-state index contributed by atoms with van der Waals surface area (Å²) >= 11 is 0. The van der Waals surface area contributed by atoms with Gasteiger partial charge in [0.05, 0.1) is 6.54 Å². The Kier molecular flexibility index (Phi) is 34.5. The van der Waals surface area contributed by atoms with E-state index >= 15 is 0 Å². The highest BCUT2D eigenvalue weighted by molar-refractivity contribution is 5.71. The number of hydrogen-bond acceptors (Lipinski definition) is 4. The minimum Gasteiger partial charge on any atom is -0.367 e. The maximum Gasteiger partial charge on any atom is 0.338 e. The van der Waals surface area contributed by atoms with Crippen LogP contribution < -0.4 is 0 Å². The van der Waals surface area contributed by atoms with Gasteiger partial charge in [-0.3, -0.25) is 4.90 Å². The summed E-state index contributed by atoms with van der Waals surface area (Å²) in [7, 11) is 3.83. The maximum atomic E-state index is 12.3. The molecule has 0 rings (SSSR count). The van der Waals surface area contributed by atoms with Gasteiger partial charge in [-0.15, -0.1) is 5.06 Å². The molecule has 256 valence electrons. The summed E-state index contributed by atoms with van der Waals surface area (Å²) in [5.41, 5.74) is 0. The van der Waals surface area contributed by atoms with Crippen molar-refractivity contribution in [1.29, 1.82) is 0 Å². The molecule has 0 aliphatic carbocycles. The molecule has 0 N–H and O–H groups in total. The van der Waals surface area contributed by atoms with Gasteiger partial charge < -0.3 is 4.84 Å². The molecule has 0 atom stereocenters. The highest BCUT2D eigenvalue weighted by atomic mass is 16.7. The molecule has 0 aromatic rings. The monoisotopic (exact) mass is 615 g/mol. The van der Waals surface area contributed by atoms with Crippen LogP contribution in [0.1, 0.15) is 168 Å². The van der Waals surface area contributed by atoms with E-state index in [9.17, 15) is 4.79 Å². The van der Waals surface area contributed by atoms with Crippen molar-refractivity contribution in [3.63, 3.8) is 0 Å². The van der Waals surface area contributed by atoms with E-state index < -0.39 is 0 Å². The molecule has 0 bridgehead atoms. The lowest BCUT2D eigenvalue weighted by molar-refractivity contribution is -0.192. The van der Waals surface area contributed by atoms with Gasteiger partial charge in [0.2, 0.25) is 0 Å². The zero-order valence-corrected chi connectivity index (χ0v) is 29.9. The van der Waals surface area contributed by atoms with Crippen LogP contribution in [0.15, 0.2) is 48.6 Å². The number of hydrogen-bond donors (Lipinski definition) is 0. The molecule has 0 saturated carbocycles. The van der Waals surface area contributed by atoms with Gasteiger partial charge in [-0.05, 0) is 91.1 Å². The Morgan fingerprint density at radius 1 is 0.477 bits per heavy atom. The van der Waals surface area contributed by atoms with Gasteiger partial charge in [0.25, 0.3) is 0 Å². The average molecular weight is 615 g/mol. The fourth-order valence-corrected chi connectivity index (χ4v) is 5.19. The first kappa shape index (κ1) is 42.3. The number of hydroxylamine groups is 2. The molecule has 44 heavy (non-hydrogen) atoms. The molecule has 0 aromatic carbocycles. The molecule has 0 aliphatic rings. The van der Waals surface area contributed by atoms with E-state index in [4.69, 9.17) is 4.84 Å². The second kappa shape index (κ2) is 35.8. The van der Waals surface area contributed by atoms with E-state index in [0.29, 0.717) is 6.54 Å². The topological polar surface area (TPSA) is 32.8 Å². The number of allylic oxidation sites excluding steroid dienone is 8. The smallest absolute Gasteiger partial charge is 0.338 e. The van der Waals surface area contributed by atoms with Crippen LogP contribution >= 0.6 is 0 Å². The minimum atomic E-state index is -0.143. The van der Waals surface area contributed by atoms with E-state index in [1.807, 2.05) is 24.1 Å². The van der Waals surface area contributed by atoms with Crippen molar-refractivity contribution in [1.82, 2.24) is 9.96 Å². The summed E-state index contributed by atoms with van der Waals surface area (Å²) in [6, 6.07) is 0. The van der Waals surface area contributed by atoms with E-state index in [1.54, 1.807) is 0 Å². The molecule has 0 saturated heterocycles. The Hall–Kier alpha value is -1.65. The van der Waals surface area contributed by atoms with Crippen molar-refractivity contribution in [2.45, 2.75) is 168 Å². The number of rotatable bonds is 33. The second-order valence-corrected chi connectivity index (χ2v) is 12.8. The highest BCUT2D eigenvalue weighted by Crippen LogP contribution is 2.12. The van der Waals surface area contributed by atoms with Crippen LogP contribution in [0.2, 0.25) is 0 Å². The van der Waals surface area contributed by atoms with Crippen LogP contribution in [0.25, 0.3) is 0 Å². The van der Waals surface area contributed by atoms with E-state index in [2.05, 4.69) is 62.5 Å². The number of likely N-dealkylation sites (N-methyl/N-ethyl adjacent to an activating group) is 1. The first-order valence-corrected chi connectivity index (χ1v) is 18.8. The third-order valence-electron chi connectivity index (χ3n) is 7.89. The Balaban J connectivity index is 3.90. The number of carbonyl (C=O) groups excluding carboxylic acids is 1. The fraction of sp³-hybridized carbons (Fsp3) is 0.775. The van der Waals surface area contributed by atoms with E-state index in [0.717, 1.165) is 38.8 Å². The second-order valence-electron chi connectivity index (χ2n) is 12.8. The van der Waals surface area contributed by atoms with Gasteiger partial charge in [0, 0.05) is 13.1 Å². The molecule has 0 fully saturated rings. The Bertz CT molecular complexity index is 662. The summed E-state index contributed by atoms with van der Waals surface area (Å²) in [5, 5.41) is 1.94. The van der Waals surface area contributed by atoms with Crippen LogP contribution in [0.4, 0.5) is 0 Å². The standard InChI is InChI=1S/C40H74N2O2/c1-5-7-9-11-13-15-17-19-21-23-25-27-29-31-33-35-37-42(44-40(43)39-41(3)4)38-36-34-32-30-28-26-24-22-20-18-16-14-12-10-8-6-2/h13-16,19-22H,5-12,17-18,23-39H2,1-4H3/b15-13-,16-14-,21-19-,22-20-. The average Bonchev–Trinajstić information content (AvgIpc) is 3.00. The Labute approximate surface area is 275 Å². The molecule has 0 amide bonds. The molecule has 0 radical (unpaired) electrons. The van der Waals surface area contributed by atoms with Crippen molar-refractivity contribution >= 4 is 5.97 Å². The van der Waals surface area contributed by atoms with E-state index in [-0.39, 0.29) is 5.97 Å². The van der Waals surface area contributed by atoms with Crippen molar-refractivity contribution in [2.24, 2.45) is 0 Å². The molecule has 0 heterocycles. The Morgan fingerprint density at radius 2 is 0.818 bits per heavy atom. The maximum absolute atomic E-state index is 12.3. The predicted octanol–water partition coefficient (Wildman–Crippen LogP) is 11.9. The van der Waals surface area contributed by atoms with E-state index in [1.165, 1.54) is 128 Å². The number of carbonyl (C=O) groups is 1. The molecular weight excluding hydrogens is 540 g/mol. The minimum absolute atomic E-state index is 0.143. The summed E-state index contributed by atoms with van der Waals surface area (Å²) in [6.45, 7) is 6.56. The molecule has 0 spiro atoms. The third-order valence-corrected chi connectivity index (χ3v) is 7.89. The van der Waals surface area contributed by atoms with Crippen molar-refractivity contribution < 1.29 is 9.63 Å². The fourth-order valence-electron chi connectivity index (χ4n) is 5.19. The van der Waals surface area contributed by atoms with Gasteiger partial charge in [-0.2, -0.15) is 0 Å². The van der Waals surface area contributed by atoms with Crippen LogP contribution in [0, 0.1) is 0 Å². The van der Waals surface area contributed by atoms with Crippen LogP contribution in [-0.2, 0) is 9.63 Å². The molecule has 0 aromatic heterocycles. The molecular formula is C40H74N2O2. The van der Waals surface area contributed by atoms with Crippen molar-refractivity contribution in [3.05, 3.63) is 48.6 Å². The predicted molar refractivity (Wildman–Crippen MR) is 195 cm³/mol. The third kappa shape index (κ3) is 34.8. The molecule has 0 unspecified atom stereocenters. The summed E-state index contributed by atoms with van der Waals surface area (Å²) in [5.74, 6) is -0.143. The van der Waals surface area contributed by atoms with Gasteiger partial charge in [0.15, 0.2) is 0 Å². The zero-order chi connectivity index (χ0) is 32.2.